The molecular formula is C16H14BrNO4. The molecule has 1 atom stereocenters. The van der Waals surface area contributed by atoms with Crippen molar-refractivity contribution in [2.24, 2.45) is 0 Å². The molecule has 0 saturated heterocycles. The number of anilines is 1. The number of ether oxygens (including phenoxy) is 1. The zero-order valence-corrected chi connectivity index (χ0v) is 13.3. The molecular weight excluding hydrogens is 350 g/mol. The van der Waals surface area contributed by atoms with E-state index in [9.17, 15) is 14.7 Å². The van der Waals surface area contributed by atoms with Crippen LogP contribution in [0.5, 0.6) is 5.75 Å². The van der Waals surface area contributed by atoms with Gasteiger partial charge >= 0.3 is 5.97 Å². The van der Waals surface area contributed by atoms with E-state index in [-0.39, 0.29) is 11.3 Å². The van der Waals surface area contributed by atoms with Crippen molar-refractivity contribution in [2.45, 2.75) is 13.0 Å². The minimum atomic E-state index is -0.994. The summed E-state index contributed by atoms with van der Waals surface area (Å²) in [6, 6.07) is 13.2. The Labute approximate surface area is 136 Å². The summed E-state index contributed by atoms with van der Waals surface area (Å²) in [6.45, 7) is 1.46. The van der Waals surface area contributed by atoms with Gasteiger partial charge in [0, 0.05) is 10.2 Å². The zero-order chi connectivity index (χ0) is 16.1. The summed E-state index contributed by atoms with van der Waals surface area (Å²) in [6.07, 6.45) is -0.994. The van der Waals surface area contributed by atoms with Crippen molar-refractivity contribution >= 4 is 33.5 Å². The van der Waals surface area contributed by atoms with Gasteiger partial charge in [0.25, 0.3) is 5.91 Å². The SMILES string of the molecule is CC(OC(=O)c1cc(Br)ccc1O)C(=O)Nc1ccccc1. The molecule has 0 aliphatic heterocycles. The number of rotatable bonds is 4. The van der Waals surface area contributed by atoms with Crippen LogP contribution in [0.2, 0.25) is 0 Å². The van der Waals surface area contributed by atoms with Crippen LogP contribution in [0.3, 0.4) is 0 Å². The predicted octanol–water partition coefficient (Wildman–Crippen LogP) is 3.34. The maximum absolute atomic E-state index is 12.0. The van der Waals surface area contributed by atoms with Crippen LogP contribution in [0, 0.1) is 0 Å². The summed E-state index contributed by atoms with van der Waals surface area (Å²) < 4.78 is 5.70. The number of carbonyl (C=O) groups excluding carboxylic acids is 2. The average molecular weight is 364 g/mol. The minimum Gasteiger partial charge on any atom is -0.507 e. The van der Waals surface area contributed by atoms with Gasteiger partial charge in [0.15, 0.2) is 6.10 Å². The number of para-hydroxylation sites is 1. The second-order valence-electron chi connectivity index (χ2n) is 4.56. The molecule has 0 aromatic heterocycles. The molecule has 22 heavy (non-hydrogen) atoms. The Kier molecular flexibility index (Phi) is 5.16. The van der Waals surface area contributed by atoms with Gasteiger partial charge in [-0.2, -0.15) is 0 Å². The van der Waals surface area contributed by atoms with Crippen LogP contribution in [0.1, 0.15) is 17.3 Å². The van der Waals surface area contributed by atoms with E-state index in [2.05, 4.69) is 21.2 Å². The van der Waals surface area contributed by atoms with Crippen molar-refractivity contribution in [3.63, 3.8) is 0 Å². The van der Waals surface area contributed by atoms with E-state index in [4.69, 9.17) is 4.74 Å². The number of phenols is 1. The highest BCUT2D eigenvalue weighted by Crippen LogP contribution is 2.23. The normalized spacial score (nSPS) is 11.5. The van der Waals surface area contributed by atoms with Crippen molar-refractivity contribution in [3.05, 3.63) is 58.6 Å². The first kappa shape index (κ1) is 16.0. The molecule has 5 nitrogen and oxygen atoms in total. The van der Waals surface area contributed by atoms with E-state index in [0.29, 0.717) is 10.2 Å². The Morgan fingerprint density at radius 1 is 1.18 bits per heavy atom. The third-order valence-electron chi connectivity index (χ3n) is 2.87. The van der Waals surface area contributed by atoms with Crippen LogP contribution < -0.4 is 5.32 Å². The molecule has 0 aliphatic rings. The summed E-state index contributed by atoms with van der Waals surface area (Å²) in [5, 5.41) is 12.3. The van der Waals surface area contributed by atoms with Gasteiger partial charge in [0.2, 0.25) is 0 Å². The monoisotopic (exact) mass is 363 g/mol. The Morgan fingerprint density at radius 2 is 1.86 bits per heavy atom. The van der Waals surface area contributed by atoms with Crippen molar-refractivity contribution in [1.82, 2.24) is 0 Å². The highest BCUT2D eigenvalue weighted by atomic mass is 79.9. The van der Waals surface area contributed by atoms with Gasteiger partial charge < -0.3 is 15.2 Å². The summed E-state index contributed by atoms with van der Waals surface area (Å²) in [5.74, 6) is -1.42. The van der Waals surface area contributed by atoms with Gasteiger partial charge in [0.1, 0.15) is 11.3 Å². The van der Waals surface area contributed by atoms with Crippen molar-refractivity contribution in [3.8, 4) is 5.75 Å². The average Bonchev–Trinajstić information content (AvgIpc) is 2.50. The fraction of sp³-hybridized carbons (Fsp3) is 0.125. The number of hydrogen-bond donors (Lipinski definition) is 2. The first-order valence-electron chi connectivity index (χ1n) is 6.53. The van der Waals surface area contributed by atoms with Crippen molar-refractivity contribution in [1.29, 1.82) is 0 Å². The molecule has 1 amide bonds. The summed E-state index contributed by atoms with van der Waals surface area (Å²) in [5.41, 5.74) is 0.606. The lowest BCUT2D eigenvalue weighted by Crippen LogP contribution is -2.30. The van der Waals surface area contributed by atoms with Crippen LogP contribution in [0.25, 0.3) is 0 Å². The Morgan fingerprint density at radius 3 is 2.55 bits per heavy atom. The number of carbonyl (C=O) groups is 2. The van der Waals surface area contributed by atoms with Gasteiger partial charge in [-0.15, -0.1) is 0 Å². The molecule has 6 heteroatoms. The highest BCUT2D eigenvalue weighted by Gasteiger charge is 2.21. The van der Waals surface area contributed by atoms with Gasteiger partial charge in [0.05, 0.1) is 0 Å². The fourth-order valence-corrected chi connectivity index (χ4v) is 2.08. The van der Waals surface area contributed by atoms with E-state index >= 15 is 0 Å². The molecule has 0 bridgehead atoms. The molecule has 2 N–H and O–H groups in total. The first-order chi connectivity index (χ1) is 10.5. The Bertz CT molecular complexity index is 688. The number of hydrogen-bond acceptors (Lipinski definition) is 4. The molecule has 2 rings (SSSR count). The van der Waals surface area contributed by atoms with E-state index in [0.717, 1.165) is 0 Å². The smallest absolute Gasteiger partial charge is 0.342 e. The molecule has 114 valence electrons. The van der Waals surface area contributed by atoms with Crippen LogP contribution in [0.4, 0.5) is 5.69 Å². The van der Waals surface area contributed by atoms with Gasteiger partial charge in [-0.1, -0.05) is 34.1 Å². The highest BCUT2D eigenvalue weighted by molar-refractivity contribution is 9.10. The molecule has 2 aromatic rings. The maximum atomic E-state index is 12.0. The number of nitrogens with one attached hydrogen (secondary N) is 1. The Hall–Kier alpha value is -2.34. The number of benzene rings is 2. The second kappa shape index (κ2) is 7.09. The lowest BCUT2D eigenvalue weighted by Gasteiger charge is -2.14. The minimum absolute atomic E-state index is 0.00580. The maximum Gasteiger partial charge on any atom is 0.342 e. The van der Waals surface area contributed by atoms with Crippen LogP contribution in [0.15, 0.2) is 53.0 Å². The number of halogens is 1. The standard InChI is InChI=1S/C16H14BrNO4/c1-10(15(20)18-12-5-3-2-4-6-12)22-16(21)13-9-11(17)7-8-14(13)19/h2-10,19H,1H3,(H,18,20). The van der Waals surface area contributed by atoms with Crippen molar-refractivity contribution < 1.29 is 19.4 Å². The molecule has 0 radical (unpaired) electrons. The molecule has 0 fully saturated rings. The lowest BCUT2D eigenvalue weighted by atomic mass is 10.2. The number of phenolic OH excluding ortho intramolecular Hbond substituents is 1. The molecule has 1 unspecified atom stereocenters. The third-order valence-corrected chi connectivity index (χ3v) is 3.37. The van der Waals surface area contributed by atoms with Gasteiger partial charge in [-0.25, -0.2) is 4.79 Å². The summed E-state index contributed by atoms with van der Waals surface area (Å²) in [4.78, 5) is 24.0. The first-order valence-corrected chi connectivity index (χ1v) is 7.32. The van der Waals surface area contributed by atoms with E-state index in [1.807, 2.05) is 6.07 Å². The lowest BCUT2D eigenvalue weighted by molar-refractivity contribution is -0.123. The Balaban J connectivity index is 2.01. The third kappa shape index (κ3) is 4.08. The number of amides is 1. The predicted molar refractivity (Wildman–Crippen MR) is 85.8 cm³/mol. The van der Waals surface area contributed by atoms with E-state index in [1.165, 1.54) is 19.1 Å². The quantitative estimate of drug-likeness (QED) is 0.816. The molecule has 2 aromatic carbocycles. The molecule has 0 saturated carbocycles. The second-order valence-corrected chi connectivity index (χ2v) is 5.48. The summed E-state index contributed by atoms with van der Waals surface area (Å²) in [7, 11) is 0. The van der Waals surface area contributed by atoms with Crippen molar-refractivity contribution in [2.75, 3.05) is 5.32 Å². The van der Waals surface area contributed by atoms with Crippen LogP contribution in [-0.2, 0) is 9.53 Å². The zero-order valence-electron chi connectivity index (χ0n) is 11.7. The number of aromatic hydroxyl groups is 1. The molecule has 0 spiro atoms. The fourth-order valence-electron chi connectivity index (χ4n) is 1.71. The van der Waals surface area contributed by atoms with Crippen LogP contribution in [-0.4, -0.2) is 23.1 Å². The molecule has 0 heterocycles. The molecule has 0 aliphatic carbocycles. The van der Waals surface area contributed by atoms with Crippen LogP contribution >= 0.6 is 15.9 Å². The van der Waals surface area contributed by atoms with Gasteiger partial charge in [-0.05, 0) is 37.3 Å². The summed E-state index contributed by atoms with van der Waals surface area (Å²) >= 11 is 3.21. The topological polar surface area (TPSA) is 75.6 Å². The largest absolute Gasteiger partial charge is 0.507 e. The van der Waals surface area contributed by atoms with Gasteiger partial charge in [-0.3, -0.25) is 4.79 Å². The van der Waals surface area contributed by atoms with E-state index < -0.39 is 18.0 Å². The number of esters is 1. The van der Waals surface area contributed by atoms with E-state index in [1.54, 1.807) is 30.3 Å².